The monoisotopic (exact) mass is 269 g/mol. The highest BCUT2D eigenvalue weighted by Gasteiger charge is 2.35. The maximum atomic E-state index is 12.2. The van der Waals surface area contributed by atoms with Crippen LogP contribution in [0.5, 0.6) is 0 Å². The molecule has 8 heteroatoms. The summed E-state index contributed by atoms with van der Waals surface area (Å²) in [6, 6.07) is 0. The van der Waals surface area contributed by atoms with E-state index in [4.69, 9.17) is 0 Å². The van der Waals surface area contributed by atoms with Crippen LogP contribution in [0.2, 0.25) is 0 Å². The number of nitrogens with zero attached hydrogens (tertiary/aromatic N) is 1. The molecule has 1 atom stereocenters. The first-order valence-corrected chi connectivity index (χ1v) is 5.52. The number of carbonyl (C=O) groups is 1. The van der Waals surface area contributed by atoms with Gasteiger partial charge in [-0.15, -0.1) is 11.3 Å². The van der Waals surface area contributed by atoms with E-state index in [9.17, 15) is 23.1 Å². The summed E-state index contributed by atoms with van der Waals surface area (Å²) in [6.45, 7) is 1.75. The molecule has 0 aromatic carbocycles. The number of aromatic nitrogens is 1. The van der Waals surface area contributed by atoms with Crippen LogP contribution in [0.1, 0.15) is 29.3 Å². The lowest BCUT2D eigenvalue weighted by Crippen LogP contribution is -2.09. The SMILES string of the molecule is CCOC(=O)CC(O)c1cnc(C(F)(F)F)s1. The van der Waals surface area contributed by atoms with Gasteiger partial charge in [0.1, 0.15) is 6.10 Å². The molecule has 17 heavy (non-hydrogen) atoms. The summed E-state index contributed by atoms with van der Waals surface area (Å²) >= 11 is 0.314. The summed E-state index contributed by atoms with van der Waals surface area (Å²) in [6.07, 6.45) is -5.32. The molecule has 4 nitrogen and oxygen atoms in total. The average Bonchev–Trinajstić information content (AvgIpc) is 2.65. The van der Waals surface area contributed by atoms with Crippen molar-refractivity contribution in [1.82, 2.24) is 4.98 Å². The predicted octanol–water partition coefficient (Wildman–Crippen LogP) is 2.15. The van der Waals surface area contributed by atoms with Crippen LogP contribution in [0.25, 0.3) is 0 Å². The van der Waals surface area contributed by atoms with Crippen molar-refractivity contribution in [2.75, 3.05) is 6.61 Å². The quantitative estimate of drug-likeness (QED) is 0.851. The van der Waals surface area contributed by atoms with Gasteiger partial charge in [-0.1, -0.05) is 0 Å². The summed E-state index contributed by atoms with van der Waals surface area (Å²) in [5.41, 5.74) is 0. The summed E-state index contributed by atoms with van der Waals surface area (Å²) in [7, 11) is 0. The number of aliphatic hydroxyl groups excluding tert-OH is 1. The standard InChI is InChI=1S/C9H10F3NO3S/c1-2-16-7(15)3-5(14)6-4-13-8(17-6)9(10,11)12/h4-5,14H,2-3H2,1H3. The normalized spacial score (nSPS) is 13.5. The minimum absolute atomic E-state index is 0.00891. The van der Waals surface area contributed by atoms with E-state index in [0.717, 1.165) is 6.20 Å². The number of carbonyl (C=O) groups excluding carboxylic acids is 1. The third-order valence-corrected chi connectivity index (χ3v) is 2.90. The molecule has 1 unspecified atom stereocenters. The van der Waals surface area contributed by atoms with Crippen molar-refractivity contribution >= 4 is 17.3 Å². The number of halogens is 3. The van der Waals surface area contributed by atoms with Gasteiger partial charge in [-0.2, -0.15) is 13.2 Å². The molecule has 0 spiro atoms. The summed E-state index contributed by atoms with van der Waals surface area (Å²) in [4.78, 5) is 14.1. The number of rotatable bonds is 4. The van der Waals surface area contributed by atoms with E-state index in [2.05, 4.69) is 9.72 Å². The summed E-state index contributed by atoms with van der Waals surface area (Å²) < 4.78 is 41.2. The zero-order chi connectivity index (χ0) is 13.1. The fourth-order valence-corrected chi connectivity index (χ4v) is 1.82. The van der Waals surface area contributed by atoms with E-state index >= 15 is 0 Å². The Morgan fingerprint density at radius 1 is 1.65 bits per heavy atom. The molecule has 0 fully saturated rings. The van der Waals surface area contributed by atoms with Gasteiger partial charge in [-0.3, -0.25) is 4.79 Å². The van der Waals surface area contributed by atoms with E-state index in [1.165, 1.54) is 0 Å². The van der Waals surface area contributed by atoms with E-state index in [-0.39, 0.29) is 17.9 Å². The highest BCUT2D eigenvalue weighted by molar-refractivity contribution is 7.11. The van der Waals surface area contributed by atoms with Crippen molar-refractivity contribution in [3.63, 3.8) is 0 Å². The third-order valence-electron chi connectivity index (χ3n) is 1.76. The molecule has 1 heterocycles. The minimum atomic E-state index is -4.54. The second-order valence-corrected chi connectivity index (χ2v) is 4.15. The first-order valence-electron chi connectivity index (χ1n) is 4.71. The highest BCUT2D eigenvalue weighted by Crippen LogP contribution is 2.34. The van der Waals surface area contributed by atoms with Crippen molar-refractivity contribution in [2.24, 2.45) is 0 Å². The Balaban J connectivity index is 2.67. The van der Waals surface area contributed by atoms with Gasteiger partial charge >= 0.3 is 12.1 Å². The topological polar surface area (TPSA) is 59.4 Å². The van der Waals surface area contributed by atoms with Gasteiger partial charge in [-0.25, -0.2) is 4.98 Å². The zero-order valence-corrected chi connectivity index (χ0v) is 9.64. The molecule has 1 N–H and O–H groups in total. The van der Waals surface area contributed by atoms with Crippen LogP contribution in [0, 0.1) is 0 Å². The average molecular weight is 269 g/mol. The molecule has 0 saturated carbocycles. The molecule has 0 radical (unpaired) electrons. The van der Waals surface area contributed by atoms with Crippen LogP contribution in [0.3, 0.4) is 0 Å². The smallest absolute Gasteiger partial charge is 0.443 e. The molecular formula is C9H10F3NO3S. The van der Waals surface area contributed by atoms with E-state index in [1.807, 2.05) is 0 Å². The number of ether oxygens (including phenoxy) is 1. The Bertz CT molecular complexity index is 391. The zero-order valence-electron chi connectivity index (χ0n) is 8.82. The van der Waals surface area contributed by atoms with Crippen LogP contribution < -0.4 is 0 Å². The molecule has 0 bridgehead atoms. The molecule has 96 valence electrons. The first-order chi connectivity index (χ1) is 7.84. The molecule has 1 aromatic heterocycles. The predicted molar refractivity (Wildman–Crippen MR) is 53.3 cm³/mol. The van der Waals surface area contributed by atoms with Crippen molar-refractivity contribution in [2.45, 2.75) is 25.6 Å². The molecule has 0 aliphatic heterocycles. The van der Waals surface area contributed by atoms with Crippen molar-refractivity contribution < 1.29 is 27.8 Å². The lowest BCUT2D eigenvalue weighted by Gasteiger charge is -2.06. The first kappa shape index (κ1) is 13.9. The maximum Gasteiger partial charge on any atom is 0.443 e. The van der Waals surface area contributed by atoms with Gasteiger partial charge in [0.05, 0.1) is 17.9 Å². The van der Waals surface area contributed by atoms with Gasteiger partial charge in [0.2, 0.25) is 0 Å². The lowest BCUT2D eigenvalue weighted by atomic mass is 10.2. The van der Waals surface area contributed by atoms with Gasteiger partial charge < -0.3 is 9.84 Å². The van der Waals surface area contributed by atoms with Gasteiger partial charge in [0, 0.05) is 6.20 Å². The molecule has 1 aromatic rings. The molecule has 0 aliphatic carbocycles. The second-order valence-electron chi connectivity index (χ2n) is 3.09. The highest BCUT2D eigenvalue weighted by atomic mass is 32.1. The van der Waals surface area contributed by atoms with E-state index < -0.39 is 23.3 Å². The number of hydrogen-bond acceptors (Lipinski definition) is 5. The van der Waals surface area contributed by atoms with Gasteiger partial charge in [0.25, 0.3) is 0 Å². The van der Waals surface area contributed by atoms with Gasteiger partial charge in [-0.05, 0) is 6.92 Å². The molecule has 0 amide bonds. The van der Waals surface area contributed by atoms with Crippen molar-refractivity contribution in [1.29, 1.82) is 0 Å². The molecule has 0 saturated heterocycles. The Hall–Kier alpha value is -1.15. The van der Waals surface area contributed by atoms with E-state index in [0.29, 0.717) is 11.3 Å². The molecular weight excluding hydrogens is 259 g/mol. The van der Waals surface area contributed by atoms with Crippen molar-refractivity contribution in [3.05, 3.63) is 16.1 Å². The molecule has 0 aliphatic rings. The van der Waals surface area contributed by atoms with Crippen LogP contribution in [0.4, 0.5) is 13.2 Å². The van der Waals surface area contributed by atoms with Crippen LogP contribution in [-0.4, -0.2) is 22.7 Å². The Kier molecular flexibility index (Phi) is 4.47. The van der Waals surface area contributed by atoms with E-state index in [1.54, 1.807) is 6.92 Å². The molecule has 1 rings (SSSR count). The van der Waals surface area contributed by atoms with Crippen molar-refractivity contribution in [3.8, 4) is 0 Å². The van der Waals surface area contributed by atoms with Gasteiger partial charge in [0.15, 0.2) is 5.01 Å². The number of esters is 1. The number of aliphatic hydroxyl groups is 1. The Morgan fingerprint density at radius 3 is 2.76 bits per heavy atom. The van der Waals surface area contributed by atoms with Crippen LogP contribution in [0.15, 0.2) is 6.20 Å². The van der Waals surface area contributed by atoms with Crippen LogP contribution >= 0.6 is 11.3 Å². The number of hydrogen-bond donors (Lipinski definition) is 1. The largest absolute Gasteiger partial charge is 0.466 e. The Labute approximate surface area is 99.0 Å². The lowest BCUT2D eigenvalue weighted by molar-refractivity contribution is -0.145. The number of alkyl halides is 3. The summed E-state index contributed by atoms with van der Waals surface area (Å²) in [5, 5.41) is 8.45. The maximum absolute atomic E-state index is 12.2. The van der Waals surface area contributed by atoms with Crippen LogP contribution in [-0.2, 0) is 15.7 Å². The Morgan fingerprint density at radius 2 is 2.29 bits per heavy atom. The fourth-order valence-electron chi connectivity index (χ4n) is 1.05. The second kappa shape index (κ2) is 5.46. The summed E-state index contributed by atoms with van der Waals surface area (Å²) in [5.74, 6) is -0.665. The third kappa shape index (κ3) is 3.97. The minimum Gasteiger partial charge on any atom is -0.466 e. The number of thiazole rings is 1. The fraction of sp³-hybridized carbons (Fsp3) is 0.556.